The van der Waals surface area contributed by atoms with Crippen LogP contribution in [0.3, 0.4) is 0 Å². The maximum atomic E-state index is 11.0. The van der Waals surface area contributed by atoms with E-state index in [1.807, 2.05) is 73.6 Å². The fraction of sp³-hybridized carbons (Fsp3) is 0.529. The Morgan fingerprint density at radius 3 is 0.810 bits per heavy atom. The van der Waals surface area contributed by atoms with E-state index in [1.165, 1.54) is 0 Å². The first-order valence-electron chi connectivity index (χ1n) is 13.6. The molecule has 0 bridgehead atoms. The van der Waals surface area contributed by atoms with Gasteiger partial charge in [0.05, 0.1) is 25.7 Å². The molecule has 2 aromatic rings. The van der Waals surface area contributed by atoms with Crippen molar-refractivity contribution in [2.24, 2.45) is 0 Å². The topological polar surface area (TPSA) is 149 Å². The molecule has 0 aliphatic rings. The zero-order valence-electron chi connectivity index (χ0n) is 24.9. The largest absolute Gasteiger partial charge is 0.481 e. The Balaban J connectivity index is 0. The molecule has 8 nitrogen and oxygen atoms in total. The summed E-state index contributed by atoms with van der Waals surface area (Å²) in [5.74, 6) is -2.78. The molecule has 0 unspecified atom stereocenters. The van der Waals surface area contributed by atoms with E-state index in [0.29, 0.717) is 11.1 Å². The van der Waals surface area contributed by atoms with Crippen LogP contribution in [0.15, 0.2) is 24.3 Å². The van der Waals surface area contributed by atoms with Gasteiger partial charge in [0.15, 0.2) is 0 Å². The zero-order valence-corrected chi connectivity index (χ0v) is 24.9. The quantitative estimate of drug-likeness (QED) is 0.197. The first-order valence-corrected chi connectivity index (χ1v) is 13.6. The molecule has 0 atom stereocenters. The molecule has 0 amide bonds. The Hall–Kier alpha value is -3.68. The van der Waals surface area contributed by atoms with Gasteiger partial charge in [-0.2, -0.15) is 0 Å². The van der Waals surface area contributed by atoms with Crippen molar-refractivity contribution >= 4 is 23.9 Å². The summed E-state index contributed by atoms with van der Waals surface area (Å²) in [4.78, 5) is 43.9. The summed E-state index contributed by atoms with van der Waals surface area (Å²) in [5, 5.41) is 36.1. The Morgan fingerprint density at radius 1 is 0.429 bits per heavy atom. The number of rotatable bonds is 12. The molecule has 0 heterocycles. The van der Waals surface area contributed by atoms with Crippen molar-refractivity contribution in [3.8, 4) is 0 Å². The van der Waals surface area contributed by atoms with Crippen molar-refractivity contribution < 1.29 is 39.6 Å². The molecular formula is C34H52O8. The van der Waals surface area contributed by atoms with Gasteiger partial charge in [-0.25, -0.2) is 0 Å². The van der Waals surface area contributed by atoms with Gasteiger partial charge in [-0.3, -0.25) is 19.2 Å². The van der Waals surface area contributed by atoms with Crippen LogP contribution < -0.4 is 0 Å². The van der Waals surface area contributed by atoms with Crippen LogP contribution in [0, 0.1) is 0 Å². The van der Waals surface area contributed by atoms with Crippen molar-refractivity contribution in [2.45, 2.75) is 120 Å². The van der Waals surface area contributed by atoms with Gasteiger partial charge < -0.3 is 20.4 Å². The number of hydrogen-bond acceptors (Lipinski definition) is 4. The van der Waals surface area contributed by atoms with E-state index in [4.69, 9.17) is 20.4 Å². The third-order valence-electron chi connectivity index (χ3n) is 6.66. The van der Waals surface area contributed by atoms with E-state index in [1.54, 1.807) is 6.07 Å². The van der Waals surface area contributed by atoms with Crippen molar-refractivity contribution in [3.05, 3.63) is 68.8 Å². The van der Waals surface area contributed by atoms with Crippen LogP contribution in [-0.2, 0) is 44.9 Å². The molecule has 0 aromatic heterocycles. The van der Waals surface area contributed by atoms with Gasteiger partial charge in [-0.1, -0.05) is 94.5 Å². The van der Waals surface area contributed by atoms with Gasteiger partial charge in [0.25, 0.3) is 0 Å². The van der Waals surface area contributed by atoms with Crippen LogP contribution in [0.4, 0.5) is 0 Å². The SMILES string of the molecule is C.C.CC(C)c1cc(C(C)C)c(CC(=O)O)cc1CC(=O)O.CC(C)c1cc(CC(=O)O)c(C(C)C)cc1CC(=O)O. The van der Waals surface area contributed by atoms with Gasteiger partial charge >= 0.3 is 23.9 Å². The number of carbonyl (C=O) groups is 4. The summed E-state index contributed by atoms with van der Waals surface area (Å²) in [7, 11) is 0. The predicted molar refractivity (Wildman–Crippen MR) is 168 cm³/mol. The number of hydrogen-bond donors (Lipinski definition) is 4. The molecule has 0 spiro atoms. The lowest BCUT2D eigenvalue weighted by molar-refractivity contribution is -0.137. The molecule has 0 aliphatic carbocycles. The molecule has 0 fully saturated rings. The summed E-state index contributed by atoms with van der Waals surface area (Å²) in [6, 6.07) is 7.47. The maximum Gasteiger partial charge on any atom is 0.307 e. The van der Waals surface area contributed by atoms with Crippen LogP contribution in [0.1, 0.15) is 138 Å². The van der Waals surface area contributed by atoms with Crippen molar-refractivity contribution in [1.29, 1.82) is 0 Å². The number of aliphatic carboxylic acids is 4. The van der Waals surface area contributed by atoms with E-state index in [9.17, 15) is 19.2 Å². The molecule has 2 rings (SSSR count). The van der Waals surface area contributed by atoms with Gasteiger partial charge in [0, 0.05) is 0 Å². The van der Waals surface area contributed by atoms with E-state index in [2.05, 4.69) is 0 Å². The molecule has 236 valence electrons. The van der Waals surface area contributed by atoms with E-state index < -0.39 is 23.9 Å². The van der Waals surface area contributed by atoms with Crippen molar-refractivity contribution in [2.75, 3.05) is 0 Å². The maximum absolute atomic E-state index is 11.0. The Labute approximate surface area is 251 Å². The summed E-state index contributed by atoms with van der Waals surface area (Å²) in [5.41, 5.74) is 6.83. The lowest BCUT2D eigenvalue weighted by atomic mass is 9.86. The van der Waals surface area contributed by atoms with E-state index in [-0.39, 0.29) is 64.2 Å². The van der Waals surface area contributed by atoms with E-state index >= 15 is 0 Å². The molecular weight excluding hydrogens is 536 g/mol. The molecule has 8 heteroatoms. The van der Waals surface area contributed by atoms with Crippen molar-refractivity contribution in [3.63, 3.8) is 0 Å². The third kappa shape index (κ3) is 12.5. The highest BCUT2D eigenvalue weighted by molar-refractivity contribution is 5.74. The second kappa shape index (κ2) is 18.0. The summed E-state index contributed by atoms with van der Waals surface area (Å²) >= 11 is 0. The third-order valence-corrected chi connectivity index (χ3v) is 6.66. The molecule has 0 saturated carbocycles. The molecule has 2 aromatic carbocycles. The van der Waals surface area contributed by atoms with Crippen LogP contribution in [0.25, 0.3) is 0 Å². The van der Waals surface area contributed by atoms with E-state index in [0.717, 1.165) is 33.4 Å². The summed E-state index contributed by atoms with van der Waals surface area (Å²) in [6.45, 7) is 16.0. The minimum absolute atomic E-state index is 0. The standard InChI is InChI=1S/2C16H22O4.2CH4/c1-9(2)13-5-12(8-16(19)20)14(10(3)4)6-11(13)7-15(17)18;1-9(2)13-8-14(10(3)4)12(7-16(19)20)5-11(13)6-15(17)18;;/h5-6,9-10H,7-8H2,1-4H3,(H,17,18)(H,19,20);5,8-10H,6-7H2,1-4H3,(H,17,18)(H,19,20);2*1H4. The predicted octanol–water partition coefficient (Wildman–Crippen LogP) is 7.65. The minimum atomic E-state index is -0.898. The molecule has 0 aliphatic heterocycles. The van der Waals surface area contributed by atoms with Crippen LogP contribution in [0.2, 0.25) is 0 Å². The highest BCUT2D eigenvalue weighted by atomic mass is 16.4. The summed E-state index contributed by atoms with van der Waals surface area (Å²) in [6.07, 6.45) is -0.196. The summed E-state index contributed by atoms with van der Waals surface area (Å²) < 4.78 is 0. The first kappa shape index (κ1) is 40.5. The highest BCUT2D eigenvalue weighted by Crippen LogP contribution is 2.30. The minimum Gasteiger partial charge on any atom is -0.481 e. The van der Waals surface area contributed by atoms with Crippen molar-refractivity contribution in [1.82, 2.24) is 0 Å². The highest BCUT2D eigenvalue weighted by Gasteiger charge is 2.19. The smallest absolute Gasteiger partial charge is 0.307 e. The molecule has 42 heavy (non-hydrogen) atoms. The fourth-order valence-corrected chi connectivity index (χ4v) is 4.87. The van der Waals surface area contributed by atoms with Crippen LogP contribution in [0.5, 0.6) is 0 Å². The van der Waals surface area contributed by atoms with Crippen LogP contribution in [-0.4, -0.2) is 44.3 Å². The molecule has 4 N–H and O–H groups in total. The second-order valence-corrected chi connectivity index (χ2v) is 11.4. The van der Waals surface area contributed by atoms with Gasteiger partial charge in [-0.15, -0.1) is 0 Å². The monoisotopic (exact) mass is 588 g/mol. The van der Waals surface area contributed by atoms with Gasteiger partial charge in [-0.05, 0) is 68.2 Å². The fourth-order valence-electron chi connectivity index (χ4n) is 4.87. The Bertz CT molecular complexity index is 1130. The second-order valence-electron chi connectivity index (χ2n) is 11.4. The number of carboxylic acids is 4. The Morgan fingerprint density at radius 2 is 0.619 bits per heavy atom. The lowest BCUT2D eigenvalue weighted by Gasteiger charge is -2.19. The van der Waals surface area contributed by atoms with Gasteiger partial charge in [0.1, 0.15) is 0 Å². The number of carboxylic acid groups (broad SMARTS) is 4. The van der Waals surface area contributed by atoms with Crippen LogP contribution >= 0.6 is 0 Å². The average Bonchev–Trinajstić information content (AvgIpc) is 2.78. The zero-order chi connectivity index (χ0) is 30.9. The number of benzene rings is 2. The molecule has 0 radical (unpaired) electrons. The average molecular weight is 589 g/mol. The normalized spacial score (nSPS) is 10.6. The molecule has 0 saturated heterocycles. The first-order chi connectivity index (χ1) is 18.4. The lowest BCUT2D eigenvalue weighted by Crippen LogP contribution is -2.11. The Kier molecular flexibility index (Phi) is 17.3. The van der Waals surface area contributed by atoms with Gasteiger partial charge in [0.2, 0.25) is 0 Å².